The van der Waals surface area contributed by atoms with Gasteiger partial charge in [-0.3, -0.25) is 0 Å². The molecular weight excluding hydrogens is 95.5 g/mol. The predicted octanol–water partition coefficient (Wildman–Crippen LogP) is -1.25. The lowest BCUT2D eigenvalue weighted by molar-refractivity contribution is -0.00000117. The summed E-state index contributed by atoms with van der Waals surface area (Å²) in [5, 5.41) is 0. The van der Waals surface area contributed by atoms with Crippen molar-refractivity contribution in [1.82, 2.24) is 0 Å². The molecule has 0 saturated carbocycles. The molecule has 0 amide bonds. The molecule has 0 spiro atoms. The third-order valence-electron chi connectivity index (χ3n) is 0.348. The van der Waals surface area contributed by atoms with Crippen LogP contribution in [0.2, 0.25) is 0 Å². The van der Waals surface area contributed by atoms with Crippen LogP contribution in [0.1, 0.15) is 6.92 Å². The molecule has 1 heteroatoms. The normalized spacial score (nSPS) is 5.50. The Morgan fingerprint density at radius 3 is 1.83 bits per heavy atom. The number of halogens is 1. The van der Waals surface area contributed by atoms with Gasteiger partial charge in [0, 0.05) is 0 Å². The van der Waals surface area contributed by atoms with Gasteiger partial charge in [0.05, 0.1) is 0 Å². The number of rotatable bonds is 1. The average molecular weight is 104 g/mol. The maximum Gasteiger partial charge on any atom is -0.0404 e. The van der Waals surface area contributed by atoms with Gasteiger partial charge in [-0.25, -0.2) is 0 Å². The molecule has 0 aromatic carbocycles. The molecule has 0 bridgehead atoms. The first-order chi connectivity index (χ1) is 2.27. The smallest absolute Gasteiger partial charge is 0.0404 e. The molecule has 0 aliphatic carbocycles. The monoisotopic (exact) mass is 103 g/mol. The third-order valence-corrected chi connectivity index (χ3v) is 0.348. The highest BCUT2D eigenvalue weighted by atomic mass is 35.5. The molecule has 0 radical (unpaired) electrons. The van der Waals surface area contributed by atoms with Crippen molar-refractivity contribution in [3.63, 3.8) is 0 Å². The molecule has 0 saturated heterocycles. The quantitative estimate of drug-likeness (QED) is 0.364. The first-order valence-corrected chi connectivity index (χ1v) is 1.55. The maximum atomic E-state index is 3.56. The lowest BCUT2D eigenvalue weighted by Gasteiger charge is -1.71. The van der Waals surface area contributed by atoms with Crippen LogP contribution in [-0.4, -0.2) is 0 Å². The Labute approximate surface area is 45.0 Å². The van der Waals surface area contributed by atoms with Gasteiger partial charge in [0.15, 0.2) is 0 Å². The van der Waals surface area contributed by atoms with E-state index in [1.807, 2.05) is 6.92 Å². The van der Waals surface area contributed by atoms with Crippen molar-refractivity contribution in [3.8, 4) is 0 Å². The Morgan fingerprint density at radius 1 is 1.67 bits per heavy atom. The van der Waals surface area contributed by atoms with Crippen molar-refractivity contribution in [2.75, 3.05) is 0 Å². The van der Waals surface area contributed by atoms with Crippen molar-refractivity contribution >= 4 is 0 Å². The zero-order valence-electron chi connectivity index (χ0n) is 3.87. The molecule has 0 aliphatic rings. The van der Waals surface area contributed by atoms with Crippen LogP contribution in [0.4, 0.5) is 0 Å². The third kappa shape index (κ3) is 9.23. The van der Waals surface area contributed by atoms with Crippen molar-refractivity contribution in [2.45, 2.75) is 6.92 Å². The van der Waals surface area contributed by atoms with E-state index in [-0.39, 0.29) is 12.4 Å². The Balaban J connectivity index is 0. The summed E-state index contributed by atoms with van der Waals surface area (Å²) in [5.74, 6) is 0. The van der Waals surface area contributed by atoms with Crippen LogP contribution in [0.25, 0.3) is 0 Å². The number of hydrogen-bond acceptors (Lipinski definition) is 0. The summed E-state index contributed by atoms with van der Waals surface area (Å²) in [4.78, 5) is 0. The maximum absolute atomic E-state index is 3.56. The van der Waals surface area contributed by atoms with E-state index in [1.165, 1.54) is 0 Å². The van der Waals surface area contributed by atoms with Crippen molar-refractivity contribution < 1.29 is 12.4 Å². The van der Waals surface area contributed by atoms with E-state index in [0.29, 0.717) is 0 Å². The Kier molecular flexibility index (Phi) is 7.34. The molecule has 0 aromatic rings. The van der Waals surface area contributed by atoms with Crippen LogP contribution >= 0.6 is 0 Å². The first-order valence-electron chi connectivity index (χ1n) is 1.55. The van der Waals surface area contributed by atoms with Gasteiger partial charge in [0.2, 0.25) is 0 Å². The van der Waals surface area contributed by atoms with Crippen LogP contribution in [0.3, 0.4) is 0 Å². The van der Waals surface area contributed by atoms with Crippen LogP contribution in [0.15, 0.2) is 24.8 Å². The Morgan fingerprint density at radius 2 is 1.83 bits per heavy atom. The summed E-state index contributed by atoms with van der Waals surface area (Å²) in [6, 6.07) is 0. The highest BCUT2D eigenvalue weighted by Gasteiger charge is 1.59. The fraction of sp³-hybridized carbons (Fsp3) is 0.200. The molecule has 36 valence electrons. The highest BCUT2D eigenvalue weighted by Crippen LogP contribution is 1.81. The van der Waals surface area contributed by atoms with Crippen LogP contribution in [-0.2, 0) is 0 Å². The minimum atomic E-state index is 0. The van der Waals surface area contributed by atoms with Crippen molar-refractivity contribution in [3.05, 3.63) is 24.8 Å². The van der Waals surface area contributed by atoms with Gasteiger partial charge in [-0.1, -0.05) is 24.8 Å². The van der Waals surface area contributed by atoms with Crippen LogP contribution < -0.4 is 12.4 Å². The van der Waals surface area contributed by atoms with Crippen LogP contribution in [0, 0.1) is 0 Å². The summed E-state index contributed by atoms with van der Waals surface area (Å²) in [6.45, 7) is 8.93. The van der Waals surface area contributed by atoms with Gasteiger partial charge in [-0.05, 0) is 6.92 Å². The van der Waals surface area contributed by atoms with E-state index in [9.17, 15) is 0 Å². The molecule has 0 atom stereocenters. The summed E-state index contributed by atoms with van der Waals surface area (Å²) in [5.41, 5.74) is 1.02. The molecule has 0 aromatic heterocycles. The minimum Gasteiger partial charge on any atom is -1.00 e. The molecule has 0 heterocycles. The topological polar surface area (TPSA) is 0 Å². The Bertz CT molecular complexity index is 55.0. The lowest BCUT2D eigenvalue weighted by atomic mass is 10.4. The molecule has 0 rings (SSSR count). The standard InChI is InChI=1S/C5H8.ClH/c1-4-5(2)3;/h4H,1-2H2,3H3;1H/p-1. The second-order valence-corrected chi connectivity index (χ2v) is 1.05. The van der Waals surface area contributed by atoms with E-state index >= 15 is 0 Å². The van der Waals surface area contributed by atoms with Crippen LogP contribution in [0.5, 0.6) is 0 Å². The van der Waals surface area contributed by atoms with E-state index in [2.05, 4.69) is 13.2 Å². The average Bonchev–Trinajstić information content (AvgIpc) is 1.38. The van der Waals surface area contributed by atoms with Gasteiger partial charge in [-0.15, -0.1) is 0 Å². The number of allylic oxidation sites excluding steroid dienone is 2. The predicted molar refractivity (Wildman–Crippen MR) is 25.0 cm³/mol. The highest BCUT2D eigenvalue weighted by molar-refractivity contribution is 5.05. The van der Waals surface area contributed by atoms with E-state index in [1.54, 1.807) is 6.08 Å². The molecule has 6 heavy (non-hydrogen) atoms. The summed E-state index contributed by atoms with van der Waals surface area (Å²) in [7, 11) is 0. The van der Waals surface area contributed by atoms with Crippen molar-refractivity contribution in [2.24, 2.45) is 0 Å². The fourth-order valence-corrected chi connectivity index (χ4v) is 0. The van der Waals surface area contributed by atoms with Gasteiger partial charge in [-0.2, -0.15) is 0 Å². The summed E-state index contributed by atoms with van der Waals surface area (Å²) >= 11 is 0. The largest absolute Gasteiger partial charge is 1.00 e. The lowest BCUT2D eigenvalue weighted by Crippen LogP contribution is -3.00. The zero-order chi connectivity index (χ0) is 4.28. The Hall–Kier alpha value is -0.230. The summed E-state index contributed by atoms with van der Waals surface area (Å²) in [6.07, 6.45) is 1.72. The SMILES string of the molecule is C=CC(=C)C.[Cl-]. The second kappa shape index (κ2) is 4.77. The molecule has 0 fully saturated rings. The fourth-order valence-electron chi connectivity index (χ4n) is 0. The van der Waals surface area contributed by atoms with Gasteiger partial charge in [0.25, 0.3) is 0 Å². The zero-order valence-corrected chi connectivity index (χ0v) is 4.63. The molecule has 0 N–H and O–H groups in total. The molecular formula is C5H8Cl-. The molecule has 0 unspecified atom stereocenters. The van der Waals surface area contributed by atoms with Gasteiger partial charge >= 0.3 is 0 Å². The van der Waals surface area contributed by atoms with E-state index < -0.39 is 0 Å². The van der Waals surface area contributed by atoms with Crippen molar-refractivity contribution in [1.29, 1.82) is 0 Å². The van der Waals surface area contributed by atoms with E-state index in [4.69, 9.17) is 0 Å². The van der Waals surface area contributed by atoms with Gasteiger partial charge < -0.3 is 12.4 Å². The molecule has 0 nitrogen and oxygen atoms in total. The van der Waals surface area contributed by atoms with Gasteiger partial charge in [0.1, 0.15) is 0 Å². The minimum absolute atomic E-state index is 0. The second-order valence-electron chi connectivity index (χ2n) is 1.05. The first kappa shape index (κ1) is 9.24. The molecule has 0 aliphatic heterocycles. The van der Waals surface area contributed by atoms with E-state index in [0.717, 1.165) is 5.57 Å². The number of hydrogen-bond donors (Lipinski definition) is 0. The summed E-state index contributed by atoms with van der Waals surface area (Å²) < 4.78 is 0.